The van der Waals surface area contributed by atoms with Crippen LogP contribution in [-0.4, -0.2) is 59.9 Å². The minimum atomic E-state index is -2.43. The number of hydrogen-bond donors (Lipinski definition) is 0. The third kappa shape index (κ3) is 12.5. The molecule has 0 amide bonds. The summed E-state index contributed by atoms with van der Waals surface area (Å²) in [5.41, 5.74) is 14.2. The molecule has 14 rings (SSSR count). The Balaban J connectivity index is 0.000000158. The first-order valence-electron chi connectivity index (χ1n) is 30.0. The monoisotopic (exact) mass is 1760 g/mol. The van der Waals surface area contributed by atoms with Gasteiger partial charge in [-0.1, -0.05) is 268 Å². The van der Waals surface area contributed by atoms with Gasteiger partial charge in [-0.15, -0.1) is 81.7 Å². The molecule has 2 aliphatic rings. The van der Waals surface area contributed by atoms with E-state index in [1.807, 2.05) is 0 Å². The van der Waals surface area contributed by atoms with Gasteiger partial charge in [-0.25, -0.2) is 0 Å². The maximum Gasteiger partial charge on any atom is 0.136 e. The molecule has 0 bridgehead atoms. The van der Waals surface area contributed by atoms with Crippen molar-refractivity contribution in [2.75, 3.05) is 0 Å². The molecule has 8 aromatic carbocycles. The van der Waals surface area contributed by atoms with Crippen LogP contribution in [-0.2, 0) is 66.9 Å². The quantitative estimate of drug-likeness (QED) is 0.107. The smallest absolute Gasteiger partial charge is 0.136 e. The summed E-state index contributed by atoms with van der Waals surface area (Å²) < 4.78 is 2.35. The molecule has 4 nitrogen and oxygen atoms in total. The zero-order valence-corrected chi connectivity index (χ0v) is 64.5. The molecule has 0 atom stereocenters. The van der Waals surface area contributed by atoms with Gasteiger partial charge in [0.25, 0.3) is 0 Å². The van der Waals surface area contributed by atoms with Gasteiger partial charge in [0.15, 0.2) is 0 Å². The van der Waals surface area contributed by atoms with E-state index in [-0.39, 0.29) is 60.3 Å². The molecule has 4 aromatic heterocycles. The number of nitrogens with zero attached hydrogens (tertiary/aromatic N) is 4. The normalized spacial score (nSPS) is 13.2. The predicted molar refractivity (Wildman–Crippen MR) is 378 cm³/mol. The van der Waals surface area contributed by atoms with E-state index in [0.29, 0.717) is 0 Å². The summed E-state index contributed by atoms with van der Waals surface area (Å²) in [6.45, 7) is 29.2. The Hall–Kier alpha value is -5.96. The fraction of sp³-hybridized carbons (Fsp3) is 0.171. The second kappa shape index (κ2) is 26.5. The van der Waals surface area contributed by atoms with Gasteiger partial charge >= 0.3 is 0 Å². The maximum atomic E-state index is 4.86. The summed E-state index contributed by atoms with van der Waals surface area (Å²) in [7, 11) is -8.02. The van der Waals surface area contributed by atoms with Gasteiger partial charge in [0.2, 0.25) is 0 Å². The first-order valence-corrected chi connectivity index (χ1v) is 45.5. The van der Waals surface area contributed by atoms with Crippen LogP contribution in [0.3, 0.4) is 0 Å². The van der Waals surface area contributed by atoms with Crippen LogP contribution in [0.25, 0.3) is 77.8 Å². The van der Waals surface area contributed by atoms with Crippen LogP contribution in [0.5, 0.6) is 0 Å². The molecule has 0 spiro atoms. The Kier molecular flexibility index (Phi) is 20.0. The molecule has 0 saturated heterocycles. The standard InChI is InChI=1S/C32H28NSi2.C22H23N2Si.C22H24NSi2.3Ir/c1-34(2,3)27-19-20-30(33-23-27)24-18-21-32-29(22-24)28-16-10-11-17-31(28)35(32,25-12-6-4-7-13-25)26-14-8-5-9-15-26;1-5-24-21-9-7-6-8-18(21)19-14-16(10-13-22(19)24)20-12-11-17(15-23-20)25(2,3)4;1-24(2,3)17-11-12-20(23-15-17)16-10-13-22-19(14-16)18-8-6-7-9-21(18)25(22,4)5;;;/h4-17,19-23H,1-3H3;6-9,11-15H,5H2,1-4H3;6-9,11-15H,1-5H3;;;/q3*-1;;;. The van der Waals surface area contributed by atoms with E-state index in [2.05, 4.69) is 327 Å². The molecular weight excluding hydrogens is 1690 g/mol. The van der Waals surface area contributed by atoms with Crippen molar-refractivity contribution in [3.63, 3.8) is 0 Å². The number of pyridine rings is 3. The van der Waals surface area contributed by atoms with Gasteiger partial charge in [-0.3, -0.25) is 0 Å². The van der Waals surface area contributed by atoms with Gasteiger partial charge in [0.05, 0.1) is 32.3 Å². The average Bonchev–Trinajstić information content (AvgIpc) is 1.62. The number of benzene rings is 8. The summed E-state index contributed by atoms with van der Waals surface area (Å²) in [5.74, 6) is 0. The van der Waals surface area contributed by atoms with Crippen LogP contribution in [0, 0.1) is 18.2 Å². The topological polar surface area (TPSA) is 43.6 Å². The van der Waals surface area contributed by atoms with E-state index >= 15 is 0 Å². The summed E-state index contributed by atoms with van der Waals surface area (Å²) in [5, 5.41) is 15.5. The Labute approximate surface area is 567 Å². The third-order valence-electron chi connectivity index (χ3n) is 17.6. The number of aryl methyl sites for hydroxylation is 1. The Bertz CT molecular complexity index is 4380. The third-order valence-corrected chi connectivity index (χ3v) is 32.1. The molecular formula is C76H75Ir3N4Si5-3. The zero-order chi connectivity index (χ0) is 59.5. The van der Waals surface area contributed by atoms with Crippen molar-refractivity contribution in [2.45, 2.75) is 85.5 Å². The van der Waals surface area contributed by atoms with Crippen LogP contribution in [0.15, 0.2) is 225 Å². The average molecular weight is 1760 g/mol. The van der Waals surface area contributed by atoms with Crippen molar-refractivity contribution in [2.24, 2.45) is 0 Å². The molecule has 0 N–H and O–H groups in total. The van der Waals surface area contributed by atoms with Crippen LogP contribution in [0.1, 0.15) is 6.92 Å². The summed E-state index contributed by atoms with van der Waals surface area (Å²) in [6.07, 6.45) is 6.19. The van der Waals surface area contributed by atoms with Crippen molar-refractivity contribution < 1.29 is 60.3 Å². The van der Waals surface area contributed by atoms with Crippen molar-refractivity contribution in [1.82, 2.24) is 19.5 Å². The molecule has 2 aliphatic heterocycles. The molecule has 88 heavy (non-hydrogen) atoms. The number of aromatic nitrogens is 4. The molecule has 0 fully saturated rings. The van der Waals surface area contributed by atoms with Crippen molar-refractivity contribution in [3.8, 4) is 56.0 Å². The molecule has 0 aliphatic carbocycles. The largest absolute Gasteiger partial charge is 0.381 e. The fourth-order valence-electron chi connectivity index (χ4n) is 12.8. The Morgan fingerprint density at radius 3 is 1.24 bits per heavy atom. The second-order valence-corrected chi connectivity index (χ2v) is 49.8. The van der Waals surface area contributed by atoms with E-state index < -0.39 is 40.4 Å². The molecule has 0 unspecified atom stereocenters. The van der Waals surface area contributed by atoms with Gasteiger partial charge in [0.1, 0.15) is 8.07 Å². The summed E-state index contributed by atoms with van der Waals surface area (Å²) >= 11 is 0. The van der Waals surface area contributed by atoms with Crippen LogP contribution < -0.4 is 46.7 Å². The Morgan fingerprint density at radius 2 is 0.773 bits per heavy atom. The molecule has 6 heterocycles. The van der Waals surface area contributed by atoms with E-state index in [1.54, 1.807) is 0 Å². The fourth-order valence-corrected chi connectivity index (χ4v) is 24.0. The predicted octanol–water partition coefficient (Wildman–Crippen LogP) is 13.6. The van der Waals surface area contributed by atoms with Crippen molar-refractivity contribution in [3.05, 3.63) is 243 Å². The van der Waals surface area contributed by atoms with Crippen LogP contribution in [0.4, 0.5) is 0 Å². The molecule has 3 radical (unpaired) electrons. The number of fused-ring (bicyclic) bond motifs is 9. The number of rotatable bonds is 9. The Morgan fingerprint density at radius 1 is 0.375 bits per heavy atom. The van der Waals surface area contributed by atoms with E-state index in [4.69, 9.17) is 15.0 Å². The van der Waals surface area contributed by atoms with Gasteiger partial charge in [-0.2, -0.15) is 0 Å². The molecule has 449 valence electrons. The second-order valence-electron chi connectivity index (χ2n) is 26.5. The molecule has 12 heteroatoms. The van der Waals surface area contributed by atoms with Gasteiger partial charge < -0.3 is 19.5 Å². The first-order chi connectivity index (χ1) is 40.8. The first kappa shape index (κ1) is 66.5. The number of para-hydroxylation sites is 1. The van der Waals surface area contributed by atoms with E-state index in [9.17, 15) is 0 Å². The van der Waals surface area contributed by atoms with Crippen LogP contribution >= 0.6 is 0 Å². The van der Waals surface area contributed by atoms with Gasteiger partial charge in [0, 0.05) is 91.0 Å². The number of hydrogen-bond acceptors (Lipinski definition) is 3. The maximum absolute atomic E-state index is 4.86. The zero-order valence-electron chi connectivity index (χ0n) is 52.4. The summed E-state index contributed by atoms with van der Waals surface area (Å²) in [6, 6.07) is 86.0. The SMILES string of the molecule is CCn1c2c[c-]c(-c3ccc([Si](C)(C)C)cn3)cc2c2ccccc21.C[Si](C)(C)c1ccc(-c2[c-]cc3c(c2)-c2ccccc2[Si]3(C)C)nc1.C[Si](C)(C)c1ccc(-c2[c-]cc3c(c2)-c2ccccc2[Si]3(c2ccccc2)c2ccccc2)nc1.[Ir].[Ir].[Ir]. The van der Waals surface area contributed by atoms with Crippen molar-refractivity contribution in [1.29, 1.82) is 0 Å². The summed E-state index contributed by atoms with van der Waals surface area (Å²) in [4.78, 5) is 14.3. The minimum absolute atomic E-state index is 0. The molecule has 12 aromatic rings. The van der Waals surface area contributed by atoms with E-state index in [0.717, 1.165) is 40.3 Å². The molecule has 0 saturated carbocycles. The van der Waals surface area contributed by atoms with E-state index in [1.165, 1.54) is 90.7 Å². The minimum Gasteiger partial charge on any atom is -0.381 e. The van der Waals surface area contributed by atoms with Gasteiger partial charge in [-0.05, 0) is 72.8 Å². The van der Waals surface area contributed by atoms with Crippen LogP contribution in [0.2, 0.25) is 72.0 Å². The van der Waals surface area contributed by atoms with Crippen molar-refractivity contribution >= 4 is 109 Å².